The summed E-state index contributed by atoms with van der Waals surface area (Å²) in [4.78, 5) is 18.1. The minimum atomic E-state index is -0.358. The zero-order valence-electron chi connectivity index (χ0n) is 17.8. The van der Waals surface area contributed by atoms with Crippen molar-refractivity contribution in [3.63, 3.8) is 0 Å². The fourth-order valence-corrected chi connectivity index (χ4v) is 4.18. The number of benzene rings is 3. The number of ether oxygens (including phenoxy) is 1. The lowest BCUT2D eigenvalue weighted by Crippen LogP contribution is -2.20. The van der Waals surface area contributed by atoms with Gasteiger partial charge in [0.2, 0.25) is 5.82 Å². The molecule has 0 saturated carbocycles. The zero-order chi connectivity index (χ0) is 23.8. The number of hydrogen-bond acceptors (Lipinski definition) is 6. The van der Waals surface area contributed by atoms with Crippen LogP contribution in [-0.2, 0) is 0 Å². The lowest BCUT2D eigenvalue weighted by Gasteiger charge is -2.11. The first-order valence-corrected chi connectivity index (χ1v) is 11.5. The highest BCUT2D eigenvalue weighted by Crippen LogP contribution is 2.41. The molecule has 0 fully saturated rings. The Bertz CT molecular complexity index is 1610. The maximum absolute atomic E-state index is 13.4. The molecule has 0 amide bonds. The Morgan fingerprint density at radius 3 is 2.76 bits per heavy atom. The molecule has 0 atom stereocenters. The maximum atomic E-state index is 13.4. The molecule has 2 heterocycles. The van der Waals surface area contributed by atoms with Crippen LogP contribution >= 0.6 is 27.5 Å². The number of para-hydroxylation sites is 2. The molecule has 9 heteroatoms. The monoisotopic (exact) mass is 537 g/mol. The van der Waals surface area contributed by atoms with Gasteiger partial charge >= 0.3 is 0 Å². The average molecular weight is 539 g/mol. The van der Waals surface area contributed by atoms with E-state index < -0.39 is 0 Å². The number of furan rings is 1. The second-order valence-electron chi connectivity index (χ2n) is 7.34. The first-order chi connectivity index (χ1) is 16.5. The lowest BCUT2D eigenvalue weighted by molar-refractivity contribution is 0.318. The molecule has 0 aliphatic rings. The van der Waals surface area contributed by atoms with Gasteiger partial charge in [-0.15, -0.1) is 0 Å². The molecular weight excluding hydrogens is 522 g/mol. The summed E-state index contributed by atoms with van der Waals surface area (Å²) in [5.74, 6) is 0.680. The number of fused-ring (bicyclic) bond motifs is 2. The Hall–Kier alpha value is -3.62. The Labute approximate surface area is 207 Å². The number of phenolic OH excluding ortho intramolecular Hbond substituents is 1. The number of aromatic nitrogens is 2. The van der Waals surface area contributed by atoms with E-state index in [9.17, 15) is 9.90 Å². The van der Waals surface area contributed by atoms with Crippen LogP contribution in [0.4, 0.5) is 0 Å². The summed E-state index contributed by atoms with van der Waals surface area (Å²) in [7, 11) is 0. The second-order valence-corrected chi connectivity index (χ2v) is 8.51. The van der Waals surface area contributed by atoms with E-state index >= 15 is 0 Å². The number of phenols is 1. The smallest absolute Gasteiger partial charge is 0.282 e. The molecule has 0 saturated heterocycles. The third-order valence-electron chi connectivity index (χ3n) is 5.19. The van der Waals surface area contributed by atoms with Gasteiger partial charge in [0.15, 0.2) is 17.3 Å². The zero-order valence-corrected chi connectivity index (χ0v) is 20.2. The maximum Gasteiger partial charge on any atom is 0.282 e. The van der Waals surface area contributed by atoms with E-state index in [0.29, 0.717) is 38.9 Å². The first kappa shape index (κ1) is 22.2. The van der Waals surface area contributed by atoms with Crippen LogP contribution in [-0.4, -0.2) is 27.6 Å². The van der Waals surface area contributed by atoms with Gasteiger partial charge in [0.05, 0.1) is 23.7 Å². The second kappa shape index (κ2) is 8.96. The fourth-order valence-electron chi connectivity index (χ4n) is 3.57. The third-order valence-corrected chi connectivity index (χ3v) is 6.64. The fraction of sp³-hybridized carbons (Fsp3) is 0.0800. The third kappa shape index (κ3) is 3.85. The van der Waals surface area contributed by atoms with Crippen molar-refractivity contribution in [1.29, 1.82) is 0 Å². The summed E-state index contributed by atoms with van der Waals surface area (Å²) >= 11 is 9.63. The number of halogens is 2. The Morgan fingerprint density at radius 1 is 1.21 bits per heavy atom. The van der Waals surface area contributed by atoms with E-state index in [0.717, 1.165) is 5.39 Å². The van der Waals surface area contributed by atoms with E-state index in [1.165, 1.54) is 10.9 Å². The molecule has 2 aromatic heterocycles. The number of hydrogen-bond donors (Lipinski definition) is 1. The predicted octanol–water partition coefficient (Wildman–Crippen LogP) is 6.21. The summed E-state index contributed by atoms with van der Waals surface area (Å²) in [5, 5.41) is 16.0. The van der Waals surface area contributed by atoms with Crippen molar-refractivity contribution in [2.45, 2.75) is 6.92 Å². The predicted molar refractivity (Wildman–Crippen MR) is 136 cm³/mol. The number of aromatic hydroxyl groups is 1. The molecule has 1 N–H and O–H groups in total. The molecular formula is C25H17BrClN3O4. The molecule has 0 spiro atoms. The molecule has 170 valence electrons. The van der Waals surface area contributed by atoms with Crippen molar-refractivity contribution in [3.05, 3.63) is 86.1 Å². The van der Waals surface area contributed by atoms with E-state index in [4.69, 9.17) is 20.8 Å². The standard InChI is InChI=1S/C25H17BrClN3O4/c1-2-33-19-12-15(21(26)22(27)23(19)31)13-28-30-24(20-11-14-7-3-6-10-18(14)34-20)29-17-9-5-4-8-16(17)25(30)32/h3-13,31H,2H2,1H3. The quantitative estimate of drug-likeness (QED) is 0.269. The van der Waals surface area contributed by atoms with Crippen LogP contribution in [0.3, 0.4) is 0 Å². The topological polar surface area (TPSA) is 89.9 Å². The Kier molecular flexibility index (Phi) is 5.85. The van der Waals surface area contributed by atoms with E-state index in [2.05, 4.69) is 26.0 Å². The van der Waals surface area contributed by atoms with Crippen molar-refractivity contribution < 1.29 is 14.3 Å². The van der Waals surface area contributed by atoms with Crippen LogP contribution in [0, 0.1) is 0 Å². The number of nitrogens with zero attached hydrogens (tertiary/aromatic N) is 3. The highest BCUT2D eigenvalue weighted by atomic mass is 79.9. The van der Waals surface area contributed by atoms with E-state index in [1.807, 2.05) is 36.4 Å². The SMILES string of the molecule is CCOc1cc(C=Nn2c(-c3cc4ccccc4o3)nc3ccccc3c2=O)c(Br)c(Cl)c1O. The van der Waals surface area contributed by atoms with E-state index in [-0.39, 0.29) is 27.9 Å². The summed E-state index contributed by atoms with van der Waals surface area (Å²) in [5.41, 5.74) is 1.34. The molecule has 7 nitrogen and oxygen atoms in total. The van der Waals surface area contributed by atoms with Gasteiger partial charge in [-0.2, -0.15) is 9.78 Å². The van der Waals surface area contributed by atoms with Crippen LogP contribution < -0.4 is 10.3 Å². The number of rotatable bonds is 5. The Morgan fingerprint density at radius 2 is 1.97 bits per heavy atom. The van der Waals surface area contributed by atoms with Crippen LogP contribution in [0.1, 0.15) is 12.5 Å². The van der Waals surface area contributed by atoms with Gasteiger partial charge in [-0.05, 0) is 53.2 Å². The van der Waals surface area contributed by atoms with Gasteiger partial charge in [0, 0.05) is 15.4 Å². The Balaban J connectivity index is 1.72. The molecule has 0 aliphatic heterocycles. The molecule has 0 aliphatic carbocycles. The minimum Gasteiger partial charge on any atom is -0.503 e. The van der Waals surface area contributed by atoms with Gasteiger partial charge in [-0.1, -0.05) is 41.9 Å². The molecule has 5 aromatic rings. The molecule has 34 heavy (non-hydrogen) atoms. The highest BCUT2D eigenvalue weighted by Gasteiger charge is 2.18. The van der Waals surface area contributed by atoms with E-state index in [1.54, 1.807) is 31.2 Å². The van der Waals surface area contributed by atoms with Crippen molar-refractivity contribution in [3.8, 4) is 23.1 Å². The minimum absolute atomic E-state index is 0.0777. The van der Waals surface area contributed by atoms with Crippen LogP contribution in [0.25, 0.3) is 33.5 Å². The van der Waals surface area contributed by atoms with Crippen molar-refractivity contribution in [2.75, 3.05) is 6.61 Å². The van der Waals surface area contributed by atoms with Gasteiger partial charge in [0.1, 0.15) is 10.6 Å². The highest BCUT2D eigenvalue weighted by molar-refractivity contribution is 9.10. The summed E-state index contributed by atoms with van der Waals surface area (Å²) < 4.78 is 13.0. The lowest BCUT2D eigenvalue weighted by atomic mass is 10.2. The molecule has 3 aromatic carbocycles. The molecule has 5 rings (SSSR count). The normalized spacial score (nSPS) is 11.6. The van der Waals surface area contributed by atoms with Crippen molar-refractivity contribution in [1.82, 2.24) is 9.66 Å². The summed E-state index contributed by atoms with van der Waals surface area (Å²) in [6, 6.07) is 18.0. The molecule has 0 radical (unpaired) electrons. The van der Waals surface area contributed by atoms with Crippen LogP contribution in [0.15, 0.2) is 79.4 Å². The van der Waals surface area contributed by atoms with Gasteiger partial charge in [-0.3, -0.25) is 4.79 Å². The summed E-state index contributed by atoms with van der Waals surface area (Å²) in [6.45, 7) is 2.13. The van der Waals surface area contributed by atoms with Crippen LogP contribution in [0.5, 0.6) is 11.5 Å². The largest absolute Gasteiger partial charge is 0.503 e. The summed E-state index contributed by atoms with van der Waals surface area (Å²) in [6.07, 6.45) is 1.45. The molecule has 0 unspecified atom stereocenters. The average Bonchev–Trinajstić information content (AvgIpc) is 3.29. The van der Waals surface area contributed by atoms with Crippen molar-refractivity contribution >= 4 is 55.6 Å². The molecule has 0 bridgehead atoms. The van der Waals surface area contributed by atoms with Crippen molar-refractivity contribution in [2.24, 2.45) is 5.10 Å². The van der Waals surface area contributed by atoms with Crippen LogP contribution in [0.2, 0.25) is 5.02 Å². The van der Waals surface area contributed by atoms with Gasteiger partial charge in [0.25, 0.3) is 5.56 Å². The van der Waals surface area contributed by atoms with Gasteiger partial charge in [-0.25, -0.2) is 4.98 Å². The first-order valence-electron chi connectivity index (χ1n) is 10.4. The van der Waals surface area contributed by atoms with Gasteiger partial charge < -0.3 is 14.3 Å².